The number of aromatic carboxylic acids is 1. The maximum absolute atomic E-state index is 11.0. The van der Waals surface area contributed by atoms with E-state index < -0.39 is 5.97 Å². The lowest BCUT2D eigenvalue weighted by atomic mass is 10.2. The summed E-state index contributed by atoms with van der Waals surface area (Å²) >= 11 is 1.20. The van der Waals surface area contributed by atoms with Crippen LogP contribution in [0, 0.1) is 0 Å². The van der Waals surface area contributed by atoms with Crippen LogP contribution in [0.1, 0.15) is 46.7 Å². The number of carboxylic acid groups (broad SMARTS) is 1. The predicted octanol–water partition coefficient (Wildman–Crippen LogP) is 2.50. The SMILES string of the molecule is CCCc1nc(C(C)OC)sc1C(=O)O. The minimum atomic E-state index is -0.898. The molecular weight excluding hydrogens is 214 g/mol. The first-order valence-corrected chi connectivity index (χ1v) is 5.67. The van der Waals surface area contributed by atoms with Crippen LogP contribution in [0.2, 0.25) is 0 Å². The fourth-order valence-electron chi connectivity index (χ4n) is 1.22. The van der Waals surface area contributed by atoms with E-state index in [1.54, 1.807) is 7.11 Å². The summed E-state index contributed by atoms with van der Waals surface area (Å²) in [6.45, 7) is 3.87. The van der Waals surface area contributed by atoms with Crippen molar-refractivity contribution in [3.63, 3.8) is 0 Å². The summed E-state index contributed by atoms with van der Waals surface area (Å²) in [4.78, 5) is 15.6. The summed E-state index contributed by atoms with van der Waals surface area (Å²) in [6, 6.07) is 0. The van der Waals surface area contributed by atoms with Crippen molar-refractivity contribution in [2.75, 3.05) is 7.11 Å². The van der Waals surface area contributed by atoms with Gasteiger partial charge in [0.15, 0.2) is 0 Å². The first-order valence-electron chi connectivity index (χ1n) is 4.85. The van der Waals surface area contributed by atoms with Crippen LogP contribution >= 0.6 is 11.3 Å². The second-order valence-electron chi connectivity index (χ2n) is 3.26. The monoisotopic (exact) mass is 229 g/mol. The first kappa shape index (κ1) is 12.1. The van der Waals surface area contributed by atoms with Gasteiger partial charge in [-0.05, 0) is 13.3 Å². The van der Waals surface area contributed by atoms with Gasteiger partial charge in [0.25, 0.3) is 0 Å². The molecule has 0 radical (unpaired) electrons. The third-order valence-corrected chi connectivity index (χ3v) is 3.34. The summed E-state index contributed by atoms with van der Waals surface area (Å²) in [5.74, 6) is -0.898. The van der Waals surface area contributed by atoms with Gasteiger partial charge in [-0.3, -0.25) is 0 Å². The number of carbonyl (C=O) groups is 1. The molecular formula is C10H15NO3S. The van der Waals surface area contributed by atoms with Gasteiger partial charge in [0.05, 0.1) is 5.69 Å². The fourth-order valence-corrected chi connectivity index (χ4v) is 2.20. The van der Waals surface area contributed by atoms with E-state index in [0.29, 0.717) is 17.0 Å². The van der Waals surface area contributed by atoms with Crippen molar-refractivity contribution in [2.24, 2.45) is 0 Å². The highest BCUT2D eigenvalue weighted by atomic mass is 32.1. The molecule has 15 heavy (non-hydrogen) atoms. The third kappa shape index (κ3) is 2.76. The number of rotatable bonds is 5. The molecule has 0 fully saturated rings. The summed E-state index contributed by atoms with van der Waals surface area (Å²) in [5, 5.41) is 9.72. The Bertz CT molecular complexity index is 348. The van der Waals surface area contributed by atoms with E-state index >= 15 is 0 Å². The van der Waals surface area contributed by atoms with E-state index in [4.69, 9.17) is 9.84 Å². The average Bonchev–Trinajstić information content (AvgIpc) is 2.61. The van der Waals surface area contributed by atoms with Crippen LogP contribution in [-0.4, -0.2) is 23.2 Å². The molecule has 1 unspecified atom stereocenters. The molecule has 84 valence electrons. The molecule has 1 aromatic rings. The lowest BCUT2D eigenvalue weighted by Gasteiger charge is -2.03. The van der Waals surface area contributed by atoms with Gasteiger partial charge >= 0.3 is 5.97 Å². The molecule has 0 saturated carbocycles. The number of aromatic nitrogens is 1. The van der Waals surface area contributed by atoms with Crippen LogP contribution in [0.3, 0.4) is 0 Å². The number of thiazole rings is 1. The molecule has 1 aromatic heterocycles. The van der Waals surface area contributed by atoms with Crippen LogP contribution in [-0.2, 0) is 11.2 Å². The average molecular weight is 229 g/mol. The fraction of sp³-hybridized carbons (Fsp3) is 0.600. The highest BCUT2D eigenvalue weighted by Crippen LogP contribution is 2.26. The molecule has 5 heteroatoms. The van der Waals surface area contributed by atoms with E-state index in [2.05, 4.69) is 4.98 Å². The van der Waals surface area contributed by atoms with Gasteiger partial charge < -0.3 is 9.84 Å². The molecule has 0 bridgehead atoms. The third-order valence-electron chi connectivity index (χ3n) is 2.10. The van der Waals surface area contributed by atoms with Crippen LogP contribution in [0.25, 0.3) is 0 Å². The van der Waals surface area contributed by atoms with Crippen molar-refractivity contribution in [3.05, 3.63) is 15.6 Å². The number of hydrogen-bond acceptors (Lipinski definition) is 4. The van der Waals surface area contributed by atoms with E-state index in [0.717, 1.165) is 11.4 Å². The highest BCUT2D eigenvalue weighted by molar-refractivity contribution is 7.13. The van der Waals surface area contributed by atoms with Gasteiger partial charge in [0.2, 0.25) is 0 Å². The van der Waals surface area contributed by atoms with Crippen LogP contribution in [0.4, 0.5) is 0 Å². The Kier molecular flexibility index (Phi) is 4.23. The number of carboxylic acids is 1. The highest BCUT2D eigenvalue weighted by Gasteiger charge is 2.19. The van der Waals surface area contributed by atoms with Crippen molar-refractivity contribution < 1.29 is 14.6 Å². The topological polar surface area (TPSA) is 59.4 Å². The van der Waals surface area contributed by atoms with Crippen molar-refractivity contribution in [3.8, 4) is 0 Å². The van der Waals surface area contributed by atoms with Crippen LogP contribution in [0.5, 0.6) is 0 Å². The van der Waals surface area contributed by atoms with Crippen molar-refractivity contribution in [2.45, 2.75) is 32.8 Å². The van der Waals surface area contributed by atoms with Crippen LogP contribution in [0.15, 0.2) is 0 Å². The lowest BCUT2D eigenvalue weighted by Crippen LogP contribution is -1.98. The normalized spacial score (nSPS) is 12.7. The molecule has 4 nitrogen and oxygen atoms in total. The molecule has 0 aliphatic heterocycles. The summed E-state index contributed by atoms with van der Waals surface area (Å²) in [7, 11) is 1.59. The van der Waals surface area contributed by atoms with Gasteiger partial charge in [0, 0.05) is 7.11 Å². The van der Waals surface area contributed by atoms with Crippen molar-refractivity contribution in [1.82, 2.24) is 4.98 Å². The lowest BCUT2D eigenvalue weighted by molar-refractivity contribution is 0.0700. The summed E-state index contributed by atoms with van der Waals surface area (Å²) in [6.07, 6.45) is 1.46. The molecule has 0 saturated heterocycles. The minimum Gasteiger partial charge on any atom is -0.477 e. The summed E-state index contributed by atoms with van der Waals surface area (Å²) in [5.41, 5.74) is 0.675. The van der Waals surface area contributed by atoms with Crippen LogP contribution < -0.4 is 0 Å². The maximum atomic E-state index is 11.0. The van der Waals surface area contributed by atoms with Crippen molar-refractivity contribution in [1.29, 1.82) is 0 Å². The van der Waals surface area contributed by atoms with E-state index in [-0.39, 0.29) is 6.10 Å². The van der Waals surface area contributed by atoms with E-state index in [9.17, 15) is 4.79 Å². The molecule has 1 N–H and O–H groups in total. The Hall–Kier alpha value is -0.940. The zero-order chi connectivity index (χ0) is 11.4. The molecule has 0 aromatic carbocycles. The molecule has 1 heterocycles. The number of aryl methyl sites for hydroxylation is 1. The Morgan fingerprint density at radius 2 is 2.33 bits per heavy atom. The Labute approximate surface area is 92.9 Å². The second-order valence-corrected chi connectivity index (χ2v) is 4.29. The number of nitrogens with zero attached hydrogens (tertiary/aromatic N) is 1. The summed E-state index contributed by atoms with van der Waals surface area (Å²) < 4.78 is 5.12. The predicted molar refractivity (Wildman–Crippen MR) is 58.5 cm³/mol. The molecule has 0 aliphatic rings. The van der Waals surface area contributed by atoms with Gasteiger partial charge in [-0.2, -0.15) is 0 Å². The van der Waals surface area contributed by atoms with E-state index in [1.807, 2.05) is 13.8 Å². The number of methoxy groups -OCH3 is 1. The molecule has 0 amide bonds. The smallest absolute Gasteiger partial charge is 0.347 e. The van der Waals surface area contributed by atoms with Gasteiger partial charge in [-0.15, -0.1) is 11.3 Å². The Morgan fingerprint density at radius 3 is 2.80 bits per heavy atom. The van der Waals surface area contributed by atoms with Gasteiger partial charge in [0.1, 0.15) is 16.0 Å². The number of hydrogen-bond donors (Lipinski definition) is 1. The largest absolute Gasteiger partial charge is 0.477 e. The molecule has 0 aliphatic carbocycles. The Morgan fingerprint density at radius 1 is 1.67 bits per heavy atom. The van der Waals surface area contributed by atoms with E-state index in [1.165, 1.54) is 11.3 Å². The maximum Gasteiger partial charge on any atom is 0.347 e. The zero-order valence-electron chi connectivity index (χ0n) is 9.11. The minimum absolute atomic E-state index is 0.140. The Balaban J connectivity index is 3.03. The second kappa shape index (κ2) is 5.23. The molecule has 1 rings (SSSR count). The molecule has 0 spiro atoms. The zero-order valence-corrected chi connectivity index (χ0v) is 9.93. The first-order chi connectivity index (χ1) is 7.10. The molecule has 1 atom stereocenters. The van der Waals surface area contributed by atoms with Gasteiger partial charge in [-0.25, -0.2) is 9.78 Å². The standard InChI is InChI=1S/C10H15NO3S/c1-4-5-7-8(10(12)13)15-9(11-7)6(2)14-3/h6H,4-5H2,1-3H3,(H,12,13). The van der Waals surface area contributed by atoms with Gasteiger partial charge in [-0.1, -0.05) is 13.3 Å². The van der Waals surface area contributed by atoms with Crippen molar-refractivity contribution >= 4 is 17.3 Å². The quantitative estimate of drug-likeness (QED) is 0.842. The number of ether oxygens (including phenoxy) is 1.